The Morgan fingerprint density at radius 3 is 2.44 bits per heavy atom. The van der Waals surface area contributed by atoms with Gasteiger partial charge in [-0.05, 0) is 31.7 Å². The molecule has 0 bridgehead atoms. The van der Waals surface area contributed by atoms with Crippen LogP contribution in [-0.2, 0) is 0 Å². The molecule has 0 heterocycles. The predicted octanol–water partition coefficient (Wildman–Crippen LogP) is 1.81. The van der Waals surface area contributed by atoms with Gasteiger partial charge in [0.15, 0.2) is 0 Å². The first-order valence-electron chi connectivity index (χ1n) is 3.82. The summed E-state index contributed by atoms with van der Waals surface area (Å²) in [4.78, 5) is 0. The second-order valence-corrected chi connectivity index (χ2v) is 3.75. The smallest absolute Gasteiger partial charge is 0.00740 e. The van der Waals surface area contributed by atoms with E-state index < -0.39 is 0 Å². The molecule has 0 aliphatic heterocycles. The summed E-state index contributed by atoms with van der Waals surface area (Å²) in [7, 11) is 1.17. The molecule has 0 aromatic carbocycles. The van der Waals surface area contributed by atoms with Gasteiger partial charge in [0.05, 0.1) is 0 Å². The Bertz CT molecular complexity index is 42.2. The van der Waals surface area contributed by atoms with Crippen LogP contribution < -0.4 is 5.73 Å². The Hall–Kier alpha value is 0.390. The van der Waals surface area contributed by atoms with Crippen molar-refractivity contribution in [2.24, 2.45) is 5.73 Å². The Kier molecular flexibility index (Phi) is 8.75. The summed E-state index contributed by atoms with van der Waals surface area (Å²) < 4.78 is 0. The molecule has 0 radical (unpaired) electrons. The quantitative estimate of drug-likeness (QED) is 0.450. The van der Waals surface area contributed by atoms with Gasteiger partial charge in [-0.15, -0.1) is 8.58 Å². The van der Waals surface area contributed by atoms with E-state index in [0.29, 0.717) is 0 Å². The zero-order chi connectivity index (χ0) is 6.95. The highest BCUT2D eigenvalue weighted by Crippen LogP contribution is 2.12. The molecule has 2 N–H and O–H groups in total. The molecule has 0 fully saturated rings. The third-order valence-corrected chi connectivity index (χ3v) is 2.68. The summed E-state index contributed by atoms with van der Waals surface area (Å²) in [5.74, 6) is 0. The molecule has 2 heteroatoms. The lowest BCUT2D eigenvalue weighted by Crippen LogP contribution is -1.98. The van der Waals surface area contributed by atoms with Crippen LogP contribution in [0.5, 0.6) is 0 Å². The highest BCUT2D eigenvalue weighted by atomic mass is 31.1. The largest absolute Gasteiger partial charge is 0.330 e. The van der Waals surface area contributed by atoms with Gasteiger partial charge < -0.3 is 5.73 Å². The van der Waals surface area contributed by atoms with Crippen LogP contribution in [0.2, 0.25) is 0 Å². The van der Waals surface area contributed by atoms with E-state index >= 15 is 0 Å². The van der Waals surface area contributed by atoms with E-state index in [2.05, 4.69) is 6.92 Å². The zero-order valence-electron chi connectivity index (χ0n) is 6.32. The second kappa shape index (κ2) is 8.39. The Balaban J connectivity index is 2.60. The lowest BCUT2D eigenvalue weighted by molar-refractivity contribution is 0.886. The summed E-state index contributed by atoms with van der Waals surface area (Å²) in [6.45, 7) is 3.12. The maximum Gasteiger partial charge on any atom is -0.00740 e. The van der Waals surface area contributed by atoms with Gasteiger partial charge in [-0.25, -0.2) is 0 Å². The molecular formula is C7H18NP. The fraction of sp³-hybridized carbons (Fsp3) is 1.00. The minimum absolute atomic E-state index is 0.874. The average molecular weight is 147 g/mol. The molecule has 0 aromatic rings. The first-order valence-corrected chi connectivity index (χ1v) is 5.24. The maximum absolute atomic E-state index is 5.35. The molecule has 1 nitrogen and oxygen atoms in total. The molecule has 0 spiro atoms. The van der Waals surface area contributed by atoms with Crippen molar-refractivity contribution in [2.75, 3.05) is 18.9 Å². The van der Waals surface area contributed by atoms with Crippen LogP contribution in [0.3, 0.4) is 0 Å². The summed E-state index contributed by atoms with van der Waals surface area (Å²) in [5, 5.41) is 0. The normalized spacial score (nSPS) is 11.3. The van der Waals surface area contributed by atoms with Crippen LogP contribution >= 0.6 is 8.58 Å². The van der Waals surface area contributed by atoms with E-state index in [1.165, 1.54) is 40.2 Å². The minimum atomic E-state index is 0.874. The molecule has 9 heavy (non-hydrogen) atoms. The van der Waals surface area contributed by atoms with Crippen molar-refractivity contribution in [1.82, 2.24) is 0 Å². The van der Waals surface area contributed by atoms with Crippen LogP contribution in [0, 0.1) is 0 Å². The molecule has 0 aliphatic rings. The van der Waals surface area contributed by atoms with E-state index in [1.54, 1.807) is 0 Å². The van der Waals surface area contributed by atoms with Gasteiger partial charge in [-0.1, -0.05) is 13.3 Å². The molecule has 0 aliphatic carbocycles. The van der Waals surface area contributed by atoms with Gasteiger partial charge in [-0.2, -0.15) is 0 Å². The molecular weight excluding hydrogens is 129 g/mol. The minimum Gasteiger partial charge on any atom is -0.330 e. The third kappa shape index (κ3) is 8.39. The van der Waals surface area contributed by atoms with Gasteiger partial charge in [0.1, 0.15) is 0 Å². The van der Waals surface area contributed by atoms with Crippen molar-refractivity contribution < 1.29 is 0 Å². The highest BCUT2D eigenvalue weighted by molar-refractivity contribution is 7.37. The first kappa shape index (κ1) is 9.39. The SMILES string of the molecule is CCCCPCCCN. The third-order valence-electron chi connectivity index (χ3n) is 1.26. The van der Waals surface area contributed by atoms with Crippen molar-refractivity contribution in [1.29, 1.82) is 0 Å². The molecule has 0 saturated heterocycles. The van der Waals surface area contributed by atoms with E-state index in [4.69, 9.17) is 5.73 Å². The van der Waals surface area contributed by atoms with Crippen molar-refractivity contribution in [3.05, 3.63) is 0 Å². The number of hydrogen-bond donors (Lipinski definition) is 1. The van der Waals surface area contributed by atoms with Crippen LogP contribution in [0.1, 0.15) is 26.2 Å². The standard InChI is InChI=1S/C7H18NP/c1-2-3-6-9-7-4-5-8/h9H,2-8H2,1H3. The van der Waals surface area contributed by atoms with Crippen molar-refractivity contribution >= 4 is 8.58 Å². The van der Waals surface area contributed by atoms with Crippen LogP contribution in [-0.4, -0.2) is 18.9 Å². The summed E-state index contributed by atoms with van der Waals surface area (Å²) in [6.07, 6.45) is 6.76. The van der Waals surface area contributed by atoms with Gasteiger partial charge >= 0.3 is 0 Å². The Morgan fingerprint density at radius 1 is 1.22 bits per heavy atom. The van der Waals surface area contributed by atoms with Crippen LogP contribution in [0.4, 0.5) is 0 Å². The van der Waals surface area contributed by atoms with Gasteiger partial charge in [-0.3, -0.25) is 0 Å². The number of nitrogens with two attached hydrogens (primary N) is 1. The van der Waals surface area contributed by atoms with E-state index in [-0.39, 0.29) is 0 Å². The topological polar surface area (TPSA) is 26.0 Å². The van der Waals surface area contributed by atoms with E-state index in [1.807, 2.05) is 0 Å². The Morgan fingerprint density at radius 2 is 1.89 bits per heavy atom. The maximum atomic E-state index is 5.35. The lowest BCUT2D eigenvalue weighted by atomic mass is 10.4. The van der Waals surface area contributed by atoms with Crippen molar-refractivity contribution in [3.8, 4) is 0 Å². The first-order chi connectivity index (χ1) is 4.41. The predicted molar refractivity (Wildman–Crippen MR) is 46.6 cm³/mol. The van der Waals surface area contributed by atoms with E-state index in [9.17, 15) is 0 Å². The van der Waals surface area contributed by atoms with E-state index in [0.717, 1.165) is 6.54 Å². The number of rotatable bonds is 6. The van der Waals surface area contributed by atoms with Gasteiger partial charge in [0.2, 0.25) is 0 Å². The van der Waals surface area contributed by atoms with Gasteiger partial charge in [0, 0.05) is 0 Å². The summed E-state index contributed by atoms with van der Waals surface area (Å²) >= 11 is 0. The average Bonchev–Trinajstić information content (AvgIpc) is 1.89. The second-order valence-electron chi connectivity index (χ2n) is 2.25. The zero-order valence-corrected chi connectivity index (χ0v) is 7.32. The molecule has 0 amide bonds. The fourth-order valence-electron chi connectivity index (χ4n) is 0.654. The Labute approximate surface area is 60.2 Å². The van der Waals surface area contributed by atoms with Crippen molar-refractivity contribution in [3.63, 3.8) is 0 Å². The summed E-state index contributed by atoms with van der Waals surface area (Å²) in [6, 6.07) is 0. The molecule has 0 rings (SSSR count). The van der Waals surface area contributed by atoms with Crippen molar-refractivity contribution in [2.45, 2.75) is 26.2 Å². The molecule has 1 unspecified atom stereocenters. The number of unbranched alkanes of at least 4 members (excludes halogenated alkanes) is 1. The van der Waals surface area contributed by atoms with Crippen LogP contribution in [0.15, 0.2) is 0 Å². The molecule has 0 saturated carbocycles. The molecule has 0 aromatic heterocycles. The molecule has 1 atom stereocenters. The number of hydrogen-bond acceptors (Lipinski definition) is 1. The highest BCUT2D eigenvalue weighted by Gasteiger charge is 1.85. The fourth-order valence-corrected chi connectivity index (χ4v) is 1.96. The summed E-state index contributed by atoms with van der Waals surface area (Å²) in [5.41, 5.74) is 5.35. The molecule has 56 valence electrons. The monoisotopic (exact) mass is 147 g/mol. The van der Waals surface area contributed by atoms with Crippen LogP contribution in [0.25, 0.3) is 0 Å². The van der Waals surface area contributed by atoms with Gasteiger partial charge in [0.25, 0.3) is 0 Å². The lowest BCUT2D eigenvalue weighted by Gasteiger charge is -1.96.